The molecule has 0 aromatic carbocycles. The number of epoxide rings is 1. The van der Waals surface area contributed by atoms with Gasteiger partial charge in [-0.05, 0) is 6.08 Å². The molecular weight excluding hydrogens is 176 g/mol. The third kappa shape index (κ3) is 3.06. The van der Waals surface area contributed by atoms with Gasteiger partial charge in [-0.15, -0.1) is 0 Å². The zero-order valence-electron chi connectivity index (χ0n) is 7.31. The van der Waals surface area contributed by atoms with E-state index >= 15 is 0 Å². The molecule has 1 fully saturated rings. The molecule has 0 aromatic rings. The molecular formula is C8H14O5. The van der Waals surface area contributed by atoms with Crippen molar-refractivity contribution >= 4 is 0 Å². The molecule has 1 heterocycles. The van der Waals surface area contributed by atoms with Crippen LogP contribution in [0.5, 0.6) is 0 Å². The highest BCUT2D eigenvalue weighted by Gasteiger charge is 2.54. The van der Waals surface area contributed by atoms with Crippen LogP contribution in [0.4, 0.5) is 0 Å². The zero-order valence-corrected chi connectivity index (χ0v) is 7.31. The molecule has 0 spiro atoms. The van der Waals surface area contributed by atoms with E-state index in [1.807, 2.05) is 0 Å². The summed E-state index contributed by atoms with van der Waals surface area (Å²) in [5, 5.41) is 17.6. The fourth-order valence-electron chi connectivity index (χ4n) is 0.816. The third-order valence-electron chi connectivity index (χ3n) is 1.60. The van der Waals surface area contributed by atoms with E-state index in [9.17, 15) is 5.11 Å². The maximum atomic E-state index is 9.25. The first kappa shape index (κ1) is 10.6. The van der Waals surface area contributed by atoms with Gasteiger partial charge in [0.2, 0.25) is 12.1 Å². The summed E-state index contributed by atoms with van der Waals surface area (Å²) in [4.78, 5) is 0. The van der Waals surface area contributed by atoms with Crippen LogP contribution < -0.4 is 0 Å². The van der Waals surface area contributed by atoms with Crippen molar-refractivity contribution in [2.75, 3.05) is 26.4 Å². The Kier molecular flexibility index (Phi) is 3.83. The molecule has 0 saturated carbocycles. The van der Waals surface area contributed by atoms with E-state index in [1.165, 1.54) is 6.08 Å². The maximum absolute atomic E-state index is 9.25. The Labute approximate surface area is 76.5 Å². The summed E-state index contributed by atoms with van der Waals surface area (Å²) >= 11 is 0. The van der Waals surface area contributed by atoms with Crippen molar-refractivity contribution in [2.24, 2.45) is 0 Å². The van der Waals surface area contributed by atoms with Crippen LogP contribution in [0.25, 0.3) is 0 Å². The normalized spacial score (nSPS) is 31.7. The molecule has 1 rings (SSSR count). The number of ether oxygens (including phenoxy) is 3. The number of hydrogen-bond acceptors (Lipinski definition) is 5. The lowest BCUT2D eigenvalue weighted by molar-refractivity contribution is -0.00389. The van der Waals surface area contributed by atoms with Gasteiger partial charge in [0.25, 0.3) is 0 Å². The van der Waals surface area contributed by atoms with Crippen molar-refractivity contribution < 1.29 is 24.4 Å². The molecule has 13 heavy (non-hydrogen) atoms. The predicted molar refractivity (Wildman–Crippen MR) is 43.9 cm³/mol. The number of aliphatic hydroxyl groups is 2. The number of rotatable bonds is 7. The lowest BCUT2D eigenvalue weighted by Gasteiger charge is -2.02. The van der Waals surface area contributed by atoms with Crippen molar-refractivity contribution in [2.45, 2.75) is 12.1 Å². The van der Waals surface area contributed by atoms with Crippen molar-refractivity contribution in [3.63, 3.8) is 0 Å². The number of hydrogen-bond donors (Lipinski definition) is 2. The summed E-state index contributed by atoms with van der Waals surface area (Å²) in [6.45, 7) is 4.36. The Hall–Kier alpha value is -0.460. The minimum absolute atomic E-state index is 0.00345. The third-order valence-corrected chi connectivity index (χ3v) is 1.60. The van der Waals surface area contributed by atoms with E-state index in [2.05, 4.69) is 6.58 Å². The maximum Gasteiger partial charge on any atom is 0.240 e. The molecule has 0 radical (unpaired) electrons. The first-order valence-electron chi connectivity index (χ1n) is 4.07. The topological polar surface area (TPSA) is 71.5 Å². The second-order valence-corrected chi connectivity index (χ2v) is 2.61. The summed E-state index contributed by atoms with van der Waals surface area (Å²) in [5.74, 6) is -1.31. The summed E-state index contributed by atoms with van der Waals surface area (Å²) in [7, 11) is 0. The van der Waals surface area contributed by atoms with Gasteiger partial charge in [-0.1, -0.05) is 6.58 Å². The largest absolute Gasteiger partial charge is 0.394 e. The van der Waals surface area contributed by atoms with E-state index in [1.54, 1.807) is 0 Å². The average Bonchev–Trinajstić information content (AvgIpc) is 2.78. The Morgan fingerprint density at radius 3 is 2.77 bits per heavy atom. The van der Waals surface area contributed by atoms with E-state index in [4.69, 9.17) is 19.3 Å². The van der Waals surface area contributed by atoms with Gasteiger partial charge < -0.3 is 24.4 Å². The van der Waals surface area contributed by atoms with E-state index < -0.39 is 12.1 Å². The number of aliphatic hydroxyl groups excluding tert-OH is 1. The van der Waals surface area contributed by atoms with Crippen molar-refractivity contribution in [3.8, 4) is 0 Å². The molecule has 1 aliphatic heterocycles. The van der Waals surface area contributed by atoms with Gasteiger partial charge in [0.15, 0.2) is 0 Å². The highest BCUT2D eigenvalue weighted by Crippen LogP contribution is 2.35. The second kappa shape index (κ2) is 4.69. The van der Waals surface area contributed by atoms with Gasteiger partial charge in [0, 0.05) is 0 Å². The lowest BCUT2D eigenvalue weighted by atomic mass is 10.4. The Morgan fingerprint density at radius 2 is 2.23 bits per heavy atom. The van der Waals surface area contributed by atoms with E-state index in [0.29, 0.717) is 19.8 Å². The van der Waals surface area contributed by atoms with Gasteiger partial charge in [-0.25, -0.2) is 0 Å². The molecule has 1 aliphatic rings. The SMILES string of the molecule is C=CC1(O)OC1OCCOCCO. The quantitative estimate of drug-likeness (QED) is 0.314. The van der Waals surface area contributed by atoms with Crippen LogP contribution in [-0.4, -0.2) is 48.7 Å². The monoisotopic (exact) mass is 190 g/mol. The van der Waals surface area contributed by atoms with Gasteiger partial charge in [-0.2, -0.15) is 0 Å². The Balaban J connectivity index is 1.94. The van der Waals surface area contributed by atoms with E-state index in [0.717, 1.165) is 0 Å². The molecule has 1 saturated heterocycles. The van der Waals surface area contributed by atoms with Crippen molar-refractivity contribution in [1.29, 1.82) is 0 Å². The van der Waals surface area contributed by atoms with Gasteiger partial charge in [0.05, 0.1) is 26.4 Å². The first-order valence-corrected chi connectivity index (χ1v) is 4.07. The molecule has 2 atom stereocenters. The van der Waals surface area contributed by atoms with Crippen LogP contribution in [-0.2, 0) is 14.2 Å². The smallest absolute Gasteiger partial charge is 0.240 e. The van der Waals surface area contributed by atoms with Crippen LogP contribution in [0.2, 0.25) is 0 Å². The molecule has 5 heteroatoms. The van der Waals surface area contributed by atoms with Gasteiger partial charge >= 0.3 is 0 Å². The van der Waals surface area contributed by atoms with Crippen molar-refractivity contribution in [3.05, 3.63) is 12.7 Å². The molecule has 0 amide bonds. The van der Waals surface area contributed by atoms with Crippen LogP contribution in [0.1, 0.15) is 0 Å². The molecule has 2 N–H and O–H groups in total. The molecule has 0 aliphatic carbocycles. The fraction of sp³-hybridized carbons (Fsp3) is 0.750. The molecule has 5 nitrogen and oxygen atoms in total. The lowest BCUT2D eigenvalue weighted by Crippen LogP contribution is -2.15. The molecule has 0 aromatic heterocycles. The van der Waals surface area contributed by atoms with Crippen LogP contribution in [0, 0.1) is 0 Å². The predicted octanol–water partition coefficient (Wildman–Crippen LogP) is -0.757. The highest BCUT2D eigenvalue weighted by molar-refractivity contribution is 5.01. The minimum atomic E-state index is -1.31. The first-order chi connectivity index (χ1) is 6.23. The zero-order chi connectivity index (χ0) is 9.73. The second-order valence-electron chi connectivity index (χ2n) is 2.61. The fourth-order valence-corrected chi connectivity index (χ4v) is 0.816. The Bertz CT molecular complexity index is 172. The van der Waals surface area contributed by atoms with E-state index in [-0.39, 0.29) is 6.61 Å². The molecule has 2 unspecified atom stereocenters. The highest BCUT2D eigenvalue weighted by atomic mass is 16.9. The van der Waals surface area contributed by atoms with Gasteiger partial charge in [0.1, 0.15) is 0 Å². The van der Waals surface area contributed by atoms with Crippen LogP contribution in [0.3, 0.4) is 0 Å². The molecule has 0 bridgehead atoms. The summed E-state index contributed by atoms with van der Waals surface area (Å²) in [6.07, 6.45) is 0.661. The summed E-state index contributed by atoms with van der Waals surface area (Å²) < 4.78 is 14.8. The van der Waals surface area contributed by atoms with Crippen molar-refractivity contribution in [1.82, 2.24) is 0 Å². The summed E-state index contributed by atoms with van der Waals surface area (Å²) in [5.41, 5.74) is 0. The van der Waals surface area contributed by atoms with Crippen LogP contribution in [0.15, 0.2) is 12.7 Å². The Morgan fingerprint density at radius 1 is 1.46 bits per heavy atom. The van der Waals surface area contributed by atoms with Gasteiger partial charge in [-0.3, -0.25) is 0 Å². The average molecular weight is 190 g/mol. The standard InChI is InChI=1S/C8H14O5/c1-2-8(10)7(13-8)12-6-5-11-4-3-9/h2,7,9-10H,1,3-6H2. The minimum Gasteiger partial charge on any atom is -0.394 e. The summed E-state index contributed by atoms with van der Waals surface area (Å²) in [6, 6.07) is 0. The van der Waals surface area contributed by atoms with Crippen LogP contribution >= 0.6 is 0 Å². The molecule has 76 valence electrons.